The highest BCUT2D eigenvalue weighted by Gasteiger charge is 2.24. The fourth-order valence-corrected chi connectivity index (χ4v) is 3.94. The highest BCUT2D eigenvalue weighted by atomic mass is 19.1. The lowest BCUT2D eigenvalue weighted by Crippen LogP contribution is -2.37. The molecule has 1 unspecified atom stereocenters. The standard InChI is InChI=1S/C28H38FN3O3/c1-20(2)15-31(16-24(33)19-34-18-21(3)4)17-25-22(5)30-32(23-11-7-6-8-12-23)28(25)35-27-14-10-9-13-26(27)29/h6-14,20-21,24,33H,15-19H2,1-5H3. The first kappa shape index (κ1) is 26.9. The minimum absolute atomic E-state index is 0.142. The van der Waals surface area contributed by atoms with E-state index in [0.717, 1.165) is 23.5 Å². The lowest BCUT2D eigenvalue weighted by Gasteiger charge is -2.27. The van der Waals surface area contributed by atoms with Crippen molar-refractivity contribution in [3.8, 4) is 17.3 Å². The zero-order valence-electron chi connectivity index (χ0n) is 21.4. The van der Waals surface area contributed by atoms with Gasteiger partial charge in [0.05, 0.1) is 29.7 Å². The van der Waals surface area contributed by atoms with Crippen molar-refractivity contribution in [3.05, 3.63) is 71.7 Å². The van der Waals surface area contributed by atoms with Gasteiger partial charge in [0, 0.05) is 26.2 Å². The number of halogens is 1. The Morgan fingerprint density at radius 2 is 1.63 bits per heavy atom. The molecule has 0 spiro atoms. The summed E-state index contributed by atoms with van der Waals surface area (Å²) in [5.74, 6) is 0.980. The van der Waals surface area contributed by atoms with Crippen LogP contribution in [0.5, 0.6) is 11.6 Å². The second-order valence-corrected chi connectivity index (χ2v) is 9.82. The van der Waals surface area contributed by atoms with Gasteiger partial charge in [0.15, 0.2) is 11.6 Å². The molecule has 0 radical (unpaired) electrons. The van der Waals surface area contributed by atoms with Crippen LogP contribution < -0.4 is 4.74 Å². The molecule has 3 rings (SSSR count). The van der Waals surface area contributed by atoms with Crippen molar-refractivity contribution in [1.82, 2.24) is 14.7 Å². The van der Waals surface area contributed by atoms with Crippen LogP contribution >= 0.6 is 0 Å². The fourth-order valence-electron chi connectivity index (χ4n) is 3.94. The maximum Gasteiger partial charge on any atom is 0.227 e. The summed E-state index contributed by atoms with van der Waals surface area (Å²) in [6, 6.07) is 16.0. The summed E-state index contributed by atoms with van der Waals surface area (Å²) in [5, 5.41) is 15.4. The molecule has 0 saturated heterocycles. The lowest BCUT2D eigenvalue weighted by atomic mass is 10.1. The summed E-state index contributed by atoms with van der Waals surface area (Å²) < 4.78 is 28.0. The summed E-state index contributed by atoms with van der Waals surface area (Å²) in [5.41, 5.74) is 2.47. The van der Waals surface area contributed by atoms with E-state index >= 15 is 0 Å². The van der Waals surface area contributed by atoms with E-state index in [9.17, 15) is 9.50 Å². The van der Waals surface area contributed by atoms with E-state index in [2.05, 4.69) is 32.6 Å². The Morgan fingerprint density at radius 1 is 0.943 bits per heavy atom. The molecule has 7 heteroatoms. The molecule has 6 nitrogen and oxygen atoms in total. The molecule has 0 amide bonds. The number of nitrogens with zero attached hydrogens (tertiary/aromatic N) is 3. The summed E-state index contributed by atoms with van der Waals surface area (Å²) in [6.07, 6.45) is -0.618. The summed E-state index contributed by atoms with van der Waals surface area (Å²) >= 11 is 0. The van der Waals surface area contributed by atoms with Gasteiger partial charge in [0.2, 0.25) is 5.88 Å². The van der Waals surface area contributed by atoms with Crippen LogP contribution in [-0.4, -0.2) is 52.2 Å². The van der Waals surface area contributed by atoms with Crippen LogP contribution in [0.1, 0.15) is 39.0 Å². The molecule has 0 bridgehead atoms. The number of benzene rings is 2. The predicted molar refractivity (Wildman–Crippen MR) is 137 cm³/mol. The number of hydrogen-bond acceptors (Lipinski definition) is 5. The number of para-hydroxylation sites is 2. The van der Waals surface area contributed by atoms with Gasteiger partial charge in [0.25, 0.3) is 0 Å². The van der Waals surface area contributed by atoms with Gasteiger partial charge in [0.1, 0.15) is 0 Å². The Hall–Kier alpha value is -2.74. The highest BCUT2D eigenvalue weighted by Crippen LogP contribution is 2.33. The Kier molecular flexibility index (Phi) is 9.83. The first-order valence-electron chi connectivity index (χ1n) is 12.3. The lowest BCUT2D eigenvalue weighted by molar-refractivity contribution is 0.00511. The molecule has 1 aromatic heterocycles. The fraction of sp³-hybridized carbons (Fsp3) is 0.464. The Balaban J connectivity index is 1.91. The molecule has 0 aliphatic carbocycles. The quantitative estimate of drug-likeness (QED) is 0.343. The van der Waals surface area contributed by atoms with E-state index < -0.39 is 11.9 Å². The van der Waals surface area contributed by atoms with Gasteiger partial charge < -0.3 is 14.6 Å². The van der Waals surface area contributed by atoms with Gasteiger partial charge in [-0.1, -0.05) is 58.0 Å². The third-order valence-electron chi connectivity index (χ3n) is 5.42. The third-order valence-corrected chi connectivity index (χ3v) is 5.42. The highest BCUT2D eigenvalue weighted by molar-refractivity contribution is 5.43. The van der Waals surface area contributed by atoms with Crippen LogP contribution in [-0.2, 0) is 11.3 Å². The minimum Gasteiger partial charge on any atom is -0.435 e. The predicted octanol–water partition coefficient (Wildman–Crippen LogP) is 5.60. The molecule has 1 atom stereocenters. The van der Waals surface area contributed by atoms with E-state index in [4.69, 9.17) is 14.6 Å². The molecular weight excluding hydrogens is 445 g/mol. The largest absolute Gasteiger partial charge is 0.435 e. The topological polar surface area (TPSA) is 59.8 Å². The summed E-state index contributed by atoms with van der Waals surface area (Å²) in [4.78, 5) is 2.18. The molecule has 0 aliphatic heterocycles. The van der Waals surface area contributed by atoms with Crippen molar-refractivity contribution in [1.29, 1.82) is 0 Å². The maximum atomic E-state index is 14.5. The molecular formula is C28H38FN3O3. The normalized spacial score (nSPS) is 12.6. The van der Waals surface area contributed by atoms with Crippen LogP contribution in [0, 0.1) is 24.6 Å². The van der Waals surface area contributed by atoms with Crippen LogP contribution in [0.15, 0.2) is 54.6 Å². The van der Waals surface area contributed by atoms with Gasteiger partial charge in [-0.25, -0.2) is 9.07 Å². The number of aliphatic hydroxyl groups excluding tert-OH is 1. The number of aryl methyl sites for hydroxylation is 1. The minimum atomic E-state index is -0.618. The van der Waals surface area contributed by atoms with Crippen molar-refractivity contribution in [3.63, 3.8) is 0 Å². The van der Waals surface area contributed by atoms with Crippen molar-refractivity contribution < 1.29 is 19.0 Å². The van der Waals surface area contributed by atoms with Crippen LogP contribution in [0.4, 0.5) is 4.39 Å². The average molecular weight is 484 g/mol. The second-order valence-electron chi connectivity index (χ2n) is 9.82. The van der Waals surface area contributed by atoms with E-state index in [0.29, 0.717) is 37.4 Å². The second kappa shape index (κ2) is 12.8. The van der Waals surface area contributed by atoms with Gasteiger partial charge in [-0.15, -0.1) is 0 Å². The number of hydrogen-bond donors (Lipinski definition) is 1. The van der Waals surface area contributed by atoms with E-state index in [1.165, 1.54) is 6.07 Å². The molecule has 0 saturated carbocycles. The molecule has 3 aromatic rings. The van der Waals surface area contributed by atoms with E-state index in [-0.39, 0.29) is 12.4 Å². The molecule has 1 heterocycles. The monoisotopic (exact) mass is 483 g/mol. The van der Waals surface area contributed by atoms with Crippen LogP contribution in [0.25, 0.3) is 5.69 Å². The van der Waals surface area contributed by atoms with Gasteiger partial charge in [-0.3, -0.25) is 4.90 Å². The van der Waals surface area contributed by atoms with Crippen LogP contribution in [0.3, 0.4) is 0 Å². The van der Waals surface area contributed by atoms with Crippen LogP contribution in [0.2, 0.25) is 0 Å². The Morgan fingerprint density at radius 3 is 2.29 bits per heavy atom. The molecule has 35 heavy (non-hydrogen) atoms. The molecule has 190 valence electrons. The maximum absolute atomic E-state index is 14.5. The number of aromatic nitrogens is 2. The van der Waals surface area contributed by atoms with Crippen molar-refractivity contribution >= 4 is 0 Å². The number of rotatable bonds is 13. The first-order chi connectivity index (χ1) is 16.7. The molecule has 1 N–H and O–H groups in total. The summed E-state index contributed by atoms with van der Waals surface area (Å²) in [6.45, 7) is 13.0. The average Bonchev–Trinajstić information content (AvgIpc) is 3.10. The first-order valence-corrected chi connectivity index (χ1v) is 12.3. The smallest absolute Gasteiger partial charge is 0.227 e. The molecule has 0 fully saturated rings. The Labute approximate surface area is 208 Å². The SMILES string of the molecule is Cc1nn(-c2ccccc2)c(Oc2ccccc2F)c1CN(CC(C)C)CC(O)COCC(C)C. The van der Waals surface area contributed by atoms with Gasteiger partial charge in [-0.2, -0.15) is 5.10 Å². The van der Waals surface area contributed by atoms with Gasteiger partial charge in [-0.05, 0) is 43.0 Å². The van der Waals surface area contributed by atoms with Crippen molar-refractivity contribution in [2.75, 3.05) is 26.3 Å². The zero-order chi connectivity index (χ0) is 25.4. The Bertz CT molecular complexity index is 1050. The van der Waals surface area contributed by atoms with Crippen molar-refractivity contribution in [2.45, 2.75) is 47.3 Å². The van der Waals surface area contributed by atoms with E-state index in [1.54, 1.807) is 22.9 Å². The number of aliphatic hydroxyl groups is 1. The summed E-state index contributed by atoms with van der Waals surface area (Å²) in [7, 11) is 0. The number of ether oxygens (including phenoxy) is 2. The molecule has 2 aromatic carbocycles. The van der Waals surface area contributed by atoms with Gasteiger partial charge >= 0.3 is 0 Å². The van der Waals surface area contributed by atoms with E-state index in [1.807, 2.05) is 37.3 Å². The zero-order valence-corrected chi connectivity index (χ0v) is 21.4. The van der Waals surface area contributed by atoms with Crippen molar-refractivity contribution in [2.24, 2.45) is 11.8 Å². The molecule has 0 aliphatic rings. The third kappa shape index (κ3) is 7.88.